The Balaban J connectivity index is 1.81. The first-order chi connectivity index (χ1) is 12.3. The number of sulfonamides is 1. The Morgan fingerprint density at radius 2 is 1.77 bits per heavy atom. The van der Waals surface area contributed by atoms with E-state index in [4.69, 9.17) is 4.52 Å². The zero-order valence-corrected chi connectivity index (χ0v) is 16.7. The fourth-order valence-corrected chi connectivity index (χ4v) is 4.41. The van der Waals surface area contributed by atoms with Crippen LogP contribution in [0.3, 0.4) is 0 Å². The molecule has 26 heavy (non-hydrogen) atoms. The van der Waals surface area contributed by atoms with Crippen molar-refractivity contribution in [2.24, 2.45) is 5.92 Å². The molecule has 138 valence electrons. The van der Waals surface area contributed by atoms with Crippen LogP contribution in [0.2, 0.25) is 0 Å². The van der Waals surface area contributed by atoms with Crippen LogP contribution < -0.4 is 4.72 Å². The maximum atomic E-state index is 12.4. The number of aromatic nitrogens is 2. The molecule has 0 radical (unpaired) electrons. The van der Waals surface area contributed by atoms with Crippen LogP contribution in [0, 0.1) is 12.8 Å². The molecule has 2 aromatic heterocycles. The Morgan fingerprint density at radius 3 is 2.35 bits per heavy atom. The molecule has 0 aliphatic rings. The lowest BCUT2D eigenvalue weighted by Gasteiger charge is -2.17. The van der Waals surface area contributed by atoms with Crippen LogP contribution in [0.15, 0.2) is 45.8 Å². The largest absolute Gasteiger partial charge is 0.334 e. The first-order valence-electron chi connectivity index (χ1n) is 8.29. The molecule has 8 heteroatoms. The molecule has 0 saturated carbocycles. The van der Waals surface area contributed by atoms with Gasteiger partial charge in [-0.05, 0) is 56.2 Å². The molecule has 0 bridgehead atoms. The second kappa shape index (κ2) is 7.30. The highest BCUT2D eigenvalue weighted by atomic mass is 32.2. The number of benzene rings is 1. The van der Waals surface area contributed by atoms with Crippen molar-refractivity contribution in [1.29, 1.82) is 0 Å². The number of nitrogens with one attached hydrogen (secondary N) is 1. The summed E-state index contributed by atoms with van der Waals surface area (Å²) < 4.78 is 32.8. The second-order valence-corrected chi connectivity index (χ2v) is 9.51. The number of hydrogen-bond donors (Lipinski definition) is 1. The molecule has 0 unspecified atom stereocenters. The van der Waals surface area contributed by atoms with E-state index in [9.17, 15) is 8.42 Å². The van der Waals surface area contributed by atoms with E-state index in [0.29, 0.717) is 17.3 Å². The Morgan fingerprint density at radius 1 is 1.08 bits per heavy atom. The van der Waals surface area contributed by atoms with Gasteiger partial charge in [0.1, 0.15) is 0 Å². The van der Waals surface area contributed by atoms with Crippen LogP contribution >= 0.6 is 11.3 Å². The van der Waals surface area contributed by atoms with Crippen LogP contribution in [0.1, 0.15) is 25.6 Å². The van der Waals surface area contributed by atoms with Crippen molar-refractivity contribution in [2.75, 3.05) is 0 Å². The van der Waals surface area contributed by atoms with Crippen molar-refractivity contribution < 1.29 is 12.9 Å². The highest BCUT2D eigenvalue weighted by molar-refractivity contribution is 7.89. The molecule has 2 heterocycles. The van der Waals surface area contributed by atoms with Crippen LogP contribution in [-0.4, -0.2) is 24.6 Å². The predicted octanol–water partition coefficient (Wildman–Crippen LogP) is 4.10. The highest BCUT2D eigenvalue weighted by Gasteiger charge is 2.20. The van der Waals surface area contributed by atoms with Gasteiger partial charge in [-0.15, -0.1) is 11.3 Å². The van der Waals surface area contributed by atoms with E-state index < -0.39 is 10.0 Å². The summed E-state index contributed by atoms with van der Waals surface area (Å²) in [5.74, 6) is 1.10. The Kier molecular flexibility index (Phi) is 5.27. The summed E-state index contributed by atoms with van der Waals surface area (Å²) in [6.45, 7) is 7.81. The zero-order chi connectivity index (χ0) is 18.9. The van der Waals surface area contributed by atoms with Gasteiger partial charge in [-0.3, -0.25) is 0 Å². The molecule has 1 N–H and O–H groups in total. The molecule has 3 aromatic rings. The lowest BCUT2D eigenvalue weighted by molar-refractivity contribution is 0.432. The molecule has 1 aromatic carbocycles. The second-order valence-electron chi connectivity index (χ2n) is 6.51. The number of hydrogen-bond acceptors (Lipinski definition) is 6. The SMILES string of the molecule is Cc1ccc(-c2noc(-c3ccc(S(=O)(=O)N[C@@H](C)C(C)C)cc3)n2)s1. The molecular weight excluding hydrogens is 370 g/mol. The first kappa shape index (κ1) is 18.8. The predicted molar refractivity (Wildman–Crippen MR) is 102 cm³/mol. The van der Waals surface area contributed by atoms with Gasteiger partial charge < -0.3 is 4.52 Å². The molecule has 0 spiro atoms. The fourth-order valence-electron chi connectivity index (χ4n) is 2.22. The Labute approximate surface area is 157 Å². The van der Waals surface area contributed by atoms with E-state index in [-0.39, 0.29) is 16.9 Å². The minimum absolute atomic E-state index is 0.146. The summed E-state index contributed by atoms with van der Waals surface area (Å²) in [4.78, 5) is 6.71. The van der Waals surface area contributed by atoms with E-state index in [1.807, 2.05) is 39.8 Å². The summed E-state index contributed by atoms with van der Waals surface area (Å²) in [6, 6.07) is 10.2. The van der Waals surface area contributed by atoms with Crippen LogP contribution in [0.5, 0.6) is 0 Å². The molecule has 6 nitrogen and oxygen atoms in total. The van der Waals surface area contributed by atoms with E-state index in [1.54, 1.807) is 35.6 Å². The molecule has 0 aliphatic heterocycles. The van der Waals surface area contributed by atoms with Gasteiger partial charge in [-0.1, -0.05) is 19.0 Å². The molecule has 0 amide bonds. The van der Waals surface area contributed by atoms with E-state index in [2.05, 4.69) is 14.9 Å². The van der Waals surface area contributed by atoms with Gasteiger partial charge in [0, 0.05) is 16.5 Å². The minimum atomic E-state index is -3.55. The van der Waals surface area contributed by atoms with Crippen molar-refractivity contribution in [3.05, 3.63) is 41.3 Å². The Bertz CT molecular complexity index is 989. The third-order valence-electron chi connectivity index (χ3n) is 4.14. The van der Waals surface area contributed by atoms with Gasteiger partial charge in [0.05, 0.1) is 9.77 Å². The first-order valence-corrected chi connectivity index (χ1v) is 10.6. The number of thiophene rings is 1. The quantitative estimate of drug-likeness (QED) is 0.684. The zero-order valence-electron chi connectivity index (χ0n) is 15.1. The number of aryl methyl sites for hydroxylation is 1. The summed E-state index contributed by atoms with van der Waals surface area (Å²) >= 11 is 1.59. The Hall–Kier alpha value is -2.03. The van der Waals surface area contributed by atoms with Gasteiger partial charge >= 0.3 is 0 Å². The maximum absolute atomic E-state index is 12.4. The van der Waals surface area contributed by atoms with Crippen LogP contribution in [-0.2, 0) is 10.0 Å². The minimum Gasteiger partial charge on any atom is -0.334 e. The lowest BCUT2D eigenvalue weighted by Crippen LogP contribution is -2.36. The summed E-state index contributed by atoms with van der Waals surface area (Å²) in [7, 11) is -3.55. The van der Waals surface area contributed by atoms with Gasteiger partial charge in [-0.25, -0.2) is 13.1 Å². The highest BCUT2D eigenvalue weighted by Crippen LogP contribution is 2.28. The fraction of sp³-hybridized carbons (Fsp3) is 0.333. The summed E-state index contributed by atoms with van der Waals surface area (Å²) in [5, 5.41) is 4.00. The van der Waals surface area contributed by atoms with Crippen molar-refractivity contribution in [3.8, 4) is 22.2 Å². The standard InChI is InChI=1S/C18H21N3O3S2/c1-11(2)13(4)21-26(22,23)15-8-6-14(7-9-15)18-19-17(20-24-18)16-10-5-12(3)25-16/h5-11,13,21H,1-4H3/t13-/m0/s1. The molecule has 1 atom stereocenters. The van der Waals surface area contributed by atoms with E-state index in [0.717, 1.165) is 4.88 Å². The third kappa shape index (κ3) is 4.03. The monoisotopic (exact) mass is 391 g/mol. The summed E-state index contributed by atoms with van der Waals surface area (Å²) in [6.07, 6.45) is 0. The average Bonchev–Trinajstić information content (AvgIpc) is 3.23. The van der Waals surface area contributed by atoms with Crippen molar-refractivity contribution in [1.82, 2.24) is 14.9 Å². The topological polar surface area (TPSA) is 85.1 Å². The van der Waals surface area contributed by atoms with Gasteiger partial charge in [-0.2, -0.15) is 4.98 Å². The lowest BCUT2D eigenvalue weighted by atomic mass is 10.1. The molecule has 0 aliphatic carbocycles. The smallest absolute Gasteiger partial charge is 0.258 e. The third-order valence-corrected chi connectivity index (χ3v) is 6.71. The van der Waals surface area contributed by atoms with Crippen molar-refractivity contribution >= 4 is 21.4 Å². The van der Waals surface area contributed by atoms with Crippen LogP contribution in [0.4, 0.5) is 0 Å². The van der Waals surface area contributed by atoms with Gasteiger partial charge in [0.25, 0.3) is 5.89 Å². The average molecular weight is 392 g/mol. The number of nitrogens with zero attached hydrogens (tertiary/aromatic N) is 2. The molecular formula is C18H21N3O3S2. The van der Waals surface area contributed by atoms with Gasteiger partial charge in [0.15, 0.2) is 0 Å². The van der Waals surface area contributed by atoms with Crippen molar-refractivity contribution in [2.45, 2.75) is 38.6 Å². The maximum Gasteiger partial charge on any atom is 0.258 e. The van der Waals surface area contributed by atoms with E-state index >= 15 is 0 Å². The van der Waals surface area contributed by atoms with Gasteiger partial charge in [0.2, 0.25) is 15.8 Å². The molecule has 0 fully saturated rings. The normalized spacial score (nSPS) is 13.3. The van der Waals surface area contributed by atoms with Crippen molar-refractivity contribution in [3.63, 3.8) is 0 Å². The van der Waals surface area contributed by atoms with Crippen LogP contribution in [0.25, 0.3) is 22.2 Å². The molecule has 3 rings (SSSR count). The molecule has 0 saturated heterocycles. The number of rotatable bonds is 6. The van der Waals surface area contributed by atoms with E-state index in [1.165, 1.54) is 4.88 Å². The summed E-state index contributed by atoms with van der Waals surface area (Å²) in [5.41, 5.74) is 0.674.